The van der Waals surface area contributed by atoms with Gasteiger partial charge in [-0.05, 0) is 30.2 Å². The van der Waals surface area contributed by atoms with E-state index in [0.29, 0.717) is 5.69 Å². The molecule has 0 spiro atoms. The summed E-state index contributed by atoms with van der Waals surface area (Å²) in [6, 6.07) is 11.3. The van der Waals surface area contributed by atoms with Gasteiger partial charge in [0, 0.05) is 23.5 Å². The molecule has 0 saturated heterocycles. The molecular formula is C18H15FN4. The quantitative estimate of drug-likeness (QED) is 0.601. The number of nitrogens with zero attached hydrogens (tertiary/aromatic N) is 2. The van der Waals surface area contributed by atoms with Gasteiger partial charge in [0.2, 0.25) is 0 Å². The number of halogens is 1. The average molecular weight is 306 g/mol. The first-order valence-corrected chi connectivity index (χ1v) is 7.50. The van der Waals surface area contributed by atoms with Crippen LogP contribution in [0.15, 0.2) is 55.0 Å². The molecule has 0 aliphatic carbocycles. The third-order valence-electron chi connectivity index (χ3n) is 3.94. The third-order valence-corrected chi connectivity index (χ3v) is 3.94. The zero-order valence-corrected chi connectivity index (χ0v) is 12.4. The fourth-order valence-electron chi connectivity index (χ4n) is 2.75. The summed E-state index contributed by atoms with van der Waals surface area (Å²) in [4.78, 5) is 15.0. The molecular weight excluding hydrogens is 291 g/mol. The van der Waals surface area contributed by atoms with Crippen molar-refractivity contribution in [3.05, 3.63) is 72.2 Å². The summed E-state index contributed by atoms with van der Waals surface area (Å²) in [6.07, 6.45) is 6.71. The third kappa shape index (κ3) is 2.73. The van der Waals surface area contributed by atoms with E-state index in [9.17, 15) is 4.39 Å². The van der Waals surface area contributed by atoms with Crippen LogP contribution in [0.1, 0.15) is 11.4 Å². The largest absolute Gasteiger partial charge is 0.361 e. The van der Waals surface area contributed by atoms with Crippen LogP contribution in [0.5, 0.6) is 0 Å². The van der Waals surface area contributed by atoms with Gasteiger partial charge in [-0.15, -0.1) is 0 Å². The Hall–Kier alpha value is -2.95. The molecule has 4 nitrogen and oxygen atoms in total. The number of H-pyrrole nitrogens is 2. The first kappa shape index (κ1) is 13.7. The van der Waals surface area contributed by atoms with Crippen LogP contribution in [-0.2, 0) is 12.8 Å². The topological polar surface area (TPSA) is 57.4 Å². The minimum atomic E-state index is -0.340. The molecule has 4 aromatic rings. The van der Waals surface area contributed by atoms with Crippen molar-refractivity contribution in [1.82, 2.24) is 19.9 Å². The number of hydrogen-bond acceptors (Lipinski definition) is 2. The number of nitrogens with one attached hydrogen (secondary N) is 2. The molecule has 1 aromatic carbocycles. The number of pyridine rings is 1. The van der Waals surface area contributed by atoms with Gasteiger partial charge in [0.15, 0.2) is 0 Å². The lowest BCUT2D eigenvalue weighted by Gasteiger charge is -1.98. The molecule has 0 bridgehead atoms. The average Bonchev–Trinajstić information content (AvgIpc) is 3.20. The smallest absolute Gasteiger partial charge is 0.141 e. The second kappa shape index (κ2) is 5.68. The second-order valence-corrected chi connectivity index (χ2v) is 5.46. The first-order valence-electron chi connectivity index (χ1n) is 7.50. The van der Waals surface area contributed by atoms with Crippen molar-refractivity contribution in [3.63, 3.8) is 0 Å². The van der Waals surface area contributed by atoms with Gasteiger partial charge in [-0.1, -0.05) is 18.2 Å². The summed E-state index contributed by atoms with van der Waals surface area (Å²) < 4.78 is 12.9. The molecule has 3 aromatic heterocycles. The molecule has 0 saturated carbocycles. The lowest BCUT2D eigenvalue weighted by atomic mass is 10.1. The Balaban J connectivity index is 1.51. The van der Waals surface area contributed by atoms with Crippen molar-refractivity contribution in [2.75, 3.05) is 0 Å². The maximum Gasteiger partial charge on any atom is 0.141 e. The van der Waals surface area contributed by atoms with Crippen LogP contribution in [0, 0.1) is 5.82 Å². The molecule has 0 aliphatic heterocycles. The molecule has 0 amide bonds. The second-order valence-electron chi connectivity index (χ2n) is 5.46. The Morgan fingerprint density at radius 2 is 1.87 bits per heavy atom. The highest BCUT2D eigenvalue weighted by Gasteiger charge is 2.07. The van der Waals surface area contributed by atoms with E-state index in [2.05, 4.69) is 38.3 Å². The van der Waals surface area contributed by atoms with Gasteiger partial charge in [0.05, 0.1) is 23.8 Å². The van der Waals surface area contributed by atoms with Gasteiger partial charge >= 0.3 is 0 Å². The van der Waals surface area contributed by atoms with Crippen LogP contribution in [0.25, 0.3) is 22.3 Å². The number of aromatic nitrogens is 4. The van der Waals surface area contributed by atoms with E-state index >= 15 is 0 Å². The summed E-state index contributed by atoms with van der Waals surface area (Å²) in [5, 5.41) is 1.25. The Morgan fingerprint density at radius 3 is 2.74 bits per heavy atom. The van der Waals surface area contributed by atoms with Crippen molar-refractivity contribution in [3.8, 4) is 11.4 Å². The van der Waals surface area contributed by atoms with Gasteiger partial charge in [0.25, 0.3) is 0 Å². The number of imidazole rings is 1. The van der Waals surface area contributed by atoms with Crippen LogP contribution in [0.3, 0.4) is 0 Å². The van der Waals surface area contributed by atoms with Crippen molar-refractivity contribution >= 4 is 10.9 Å². The van der Waals surface area contributed by atoms with E-state index in [1.54, 1.807) is 12.3 Å². The molecule has 0 fully saturated rings. The van der Waals surface area contributed by atoms with E-state index in [0.717, 1.165) is 29.9 Å². The van der Waals surface area contributed by atoms with E-state index in [-0.39, 0.29) is 5.82 Å². The standard InChI is InChI=1S/C18H15FN4/c19-13-6-7-16(21-10-13)17-11-22-18(23-17)8-5-12-9-20-15-4-2-1-3-14(12)15/h1-4,6-7,9-11,20H,5,8H2,(H,22,23). The Kier molecular flexibility index (Phi) is 3.38. The number of benzene rings is 1. The maximum atomic E-state index is 12.9. The number of aryl methyl sites for hydroxylation is 2. The number of hydrogen-bond donors (Lipinski definition) is 2. The number of aromatic amines is 2. The van der Waals surface area contributed by atoms with Gasteiger partial charge < -0.3 is 9.97 Å². The maximum absolute atomic E-state index is 12.9. The highest BCUT2D eigenvalue weighted by Crippen LogP contribution is 2.20. The van der Waals surface area contributed by atoms with Crippen molar-refractivity contribution in [1.29, 1.82) is 0 Å². The Morgan fingerprint density at radius 1 is 0.957 bits per heavy atom. The summed E-state index contributed by atoms with van der Waals surface area (Å²) >= 11 is 0. The predicted octanol–water partition coefficient (Wildman–Crippen LogP) is 3.88. The van der Waals surface area contributed by atoms with Crippen molar-refractivity contribution < 1.29 is 4.39 Å². The summed E-state index contributed by atoms with van der Waals surface area (Å²) in [6.45, 7) is 0. The minimum Gasteiger partial charge on any atom is -0.361 e. The Bertz CT molecular complexity index is 937. The fourth-order valence-corrected chi connectivity index (χ4v) is 2.75. The molecule has 0 atom stereocenters. The van der Waals surface area contributed by atoms with E-state index in [4.69, 9.17) is 0 Å². The monoisotopic (exact) mass is 306 g/mol. The summed E-state index contributed by atoms with van der Waals surface area (Å²) in [7, 11) is 0. The predicted molar refractivity (Wildman–Crippen MR) is 87.5 cm³/mol. The lowest BCUT2D eigenvalue weighted by Crippen LogP contribution is -1.93. The van der Waals surface area contributed by atoms with Crippen LogP contribution >= 0.6 is 0 Å². The van der Waals surface area contributed by atoms with E-state index in [1.807, 2.05) is 12.1 Å². The Labute approximate surface area is 132 Å². The normalized spacial score (nSPS) is 11.2. The zero-order chi connectivity index (χ0) is 15.6. The molecule has 0 radical (unpaired) electrons. The lowest BCUT2D eigenvalue weighted by molar-refractivity contribution is 0.622. The van der Waals surface area contributed by atoms with Gasteiger partial charge in [0.1, 0.15) is 11.6 Å². The number of rotatable bonds is 4. The van der Waals surface area contributed by atoms with Crippen LogP contribution in [0.4, 0.5) is 4.39 Å². The molecule has 0 aliphatic rings. The minimum absolute atomic E-state index is 0.340. The van der Waals surface area contributed by atoms with Crippen molar-refractivity contribution in [2.45, 2.75) is 12.8 Å². The van der Waals surface area contributed by atoms with Gasteiger partial charge in [-0.2, -0.15) is 0 Å². The van der Waals surface area contributed by atoms with Crippen LogP contribution in [-0.4, -0.2) is 19.9 Å². The van der Waals surface area contributed by atoms with Crippen LogP contribution < -0.4 is 0 Å². The number of fused-ring (bicyclic) bond motifs is 1. The molecule has 0 unspecified atom stereocenters. The summed E-state index contributed by atoms with van der Waals surface area (Å²) in [5.41, 5.74) is 3.92. The molecule has 4 rings (SSSR count). The molecule has 114 valence electrons. The first-order chi connectivity index (χ1) is 11.3. The van der Waals surface area contributed by atoms with E-state index < -0.39 is 0 Å². The molecule has 3 heterocycles. The van der Waals surface area contributed by atoms with Gasteiger partial charge in [-0.25, -0.2) is 9.37 Å². The molecule has 23 heavy (non-hydrogen) atoms. The van der Waals surface area contributed by atoms with Gasteiger partial charge in [-0.3, -0.25) is 4.98 Å². The zero-order valence-electron chi connectivity index (χ0n) is 12.4. The fraction of sp³-hybridized carbons (Fsp3) is 0.111. The SMILES string of the molecule is Fc1ccc(-c2cnc(CCc3c[nH]c4ccccc34)[nH]2)nc1. The highest BCUT2D eigenvalue weighted by atomic mass is 19.1. The highest BCUT2D eigenvalue weighted by molar-refractivity contribution is 5.83. The molecule has 2 N–H and O–H groups in total. The van der Waals surface area contributed by atoms with E-state index in [1.165, 1.54) is 23.2 Å². The van der Waals surface area contributed by atoms with Crippen molar-refractivity contribution in [2.24, 2.45) is 0 Å². The van der Waals surface area contributed by atoms with Crippen LogP contribution in [0.2, 0.25) is 0 Å². The molecule has 5 heteroatoms. The number of para-hydroxylation sites is 1. The summed E-state index contributed by atoms with van der Waals surface area (Å²) in [5.74, 6) is 0.559.